The Labute approximate surface area is 202 Å². The summed E-state index contributed by atoms with van der Waals surface area (Å²) < 4.78 is 2.33. The lowest BCUT2D eigenvalue weighted by Crippen LogP contribution is -2.05. The molecule has 0 amide bonds. The Kier molecular flexibility index (Phi) is 6.31. The SMILES string of the molecule is C=CCCCCn1c(/C=N/N2[C@@H](c3ccccc3)[C@@H]2c2ccccc2)nc2cc(C)c(C)cc21. The van der Waals surface area contributed by atoms with E-state index in [0.717, 1.165) is 37.1 Å². The molecule has 4 nitrogen and oxygen atoms in total. The molecule has 4 heteroatoms. The molecule has 0 aliphatic carbocycles. The summed E-state index contributed by atoms with van der Waals surface area (Å²) in [6, 6.07) is 26.3. The first kappa shape index (κ1) is 22.1. The molecule has 0 N–H and O–H groups in total. The van der Waals surface area contributed by atoms with Crippen molar-refractivity contribution < 1.29 is 0 Å². The van der Waals surface area contributed by atoms with Crippen molar-refractivity contribution in [3.63, 3.8) is 0 Å². The van der Waals surface area contributed by atoms with Gasteiger partial charge < -0.3 is 4.57 Å². The average molecular weight is 449 g/mol. The van der Waals surface area contributed by atoms with Crippen molar-refractivity contribution in [1.82, 2.24) is 14.6 Å². The first-order chi connectivity index (χ1) is 16.7. The molecule has 0 spiro atoms. The van der Waals surface area contributed by atoms with Crippen molar-refractivity contribution in [3.05, 3.63) is 114 Å². The van der Waals surface area contributed by atoms with Crippen molar-refractivity contribution >= 4 is 17.2 Å². The highest BCUT2D eigenvalue weighted by atomic mass is 15.6. The molecule has 2 heterocycles. The summed E-state index contributed by atoms with van der Waals surface area (Å²) in [6.45, 7) is 9.11. The number of unbranched alkanes of at least 4 members (excludes halogenated alkanes) is 2. The Morgan fingerprint density at radius 3 is 2.12 bits per heavy atom. The average Bonchev–Trinajstić information content (AvgIpc) is 3.50. The third-order valence-corrected chi connectivity index (χ3v) is 6.80. The minimum atomic E-state index is 0.245. The number of benzene rings is 3. The minimum absolute atomic E-state index is 0.245. The molecule has 1 aromatic heterocycles. The van der Waals surface area contributed by atoms with Gasteiger partial charge in [-0.2, -0.15) is 5.10 Å². The Hall–Kier alpha value is -3.66. The number of hydrazone groups is 1. The van der Waals surface area contributed by atoms with Crippen LogP contribution < -0.4 is 0 Å². The van der Waals surface area contributed by atoms with Crippen LogP contribution in [0.1, 0.15) is 59.4 Å². The smallest absolute Gasteiger partial charge is 0.154 e. The standard InChI is InChI=1S/C30H32N4/c1-4-5-6-13-18-33-27-20-23(3)22(2)19-26(27)32-28(33)21-31-34-29(24-14-9-7-10-15-24)30(34)25-16-11-8-12-17-25/h4,7-12,14-17,19-21,29-30H,1,5-6,13,18H2,2-3H3/b31-21+/t29-,30-/m0/s1. The van der Waals surface area contributed by atoms with E-state index < -0.39 is 0 Å². The molecule has 1 aliphatic heterocycles. The van der Waals surface area contributed by atoms with Crippen molar-refractivity contribution in [2.24, 2.45) is 5.10 Å². The normalized spacial score (nSPS) is 17.5. The van der Waals surface area contributed by atoms with Gasteiger partial charge in [0.1, 0.15) is 0 Å². The highest BCUT2D eigenvalue weighted by Crippen LogP contribution is 2.54. The maximum absolute atomic E-state index is 4.98. The number of nitrogens with zero attached hydrogens (tertiary/aromatic N) is 4. The Balaban J connectivity index is 1.47. The molecule has 0 bridgehead atoms. The van der Waals surface area contributed by atoms with Gasteiger partial charge in [-0.3, -0.25) is 5.01 Å². The van der Waals surface area contributed by atoms with Gasteiger partial charge in [0.25, 0.3) is 0 Å². The lowest BCUT2D eigenvalue weighted by Gasteiger charge is -2.08. The minimum Gasteiger partial charge on any atom is -0.323 e. The van der Waals surface area contributed by atoms with Gasteiger partial charge in [0.05, 0.1) is 29.3 Å². The summed E-state index contributed by atoms with van der Waals surface area (Å²) in [5.41, 5.74) is 7.37. The third-order valence-electron chi connectivity index (χ3n) is 6.80. The number of aryl methyl sites for hydroxylation is 3. The number of hydrogen-bond donors (Lipinski definition) is 0. The highest BCUT2D eigenvalue weighted by molar-refractivity contribution is 5.86. The van der Waals surface area contributed by atoms with Crippen molar-refractivity contribution in [3.8, 4) is 0 Å². The number of hydrogen-bond acceptors (Lipinski definition) is 3. The lowest BCUT2D eigenvalue weighted by molar-refractivity contribution is 0.523. The van der Waals surface area contributed by atoms with E-state index in [2.05, 4.69) is 103 Å². The van der Waals surface area contributed by atoms with Crippen LogP contribution in [0, 0.1) is 13.8 Å². The molecule has 2 atom stereocenters. The van der Waals surface area contributed by atoms with Crippen LogP contribution in [0.2, 0.25) is 0 Å². The number of allylic oxidation sites excluding steroid dienone is 1. The Morgan fingerprint density at radius 2 is 1.50 bits per heavy atom. The van der Waals surface area contributed by atoms with Gasteiger partial charge in [-0.1, -0.05) is 66.7 Å². The molecule has 0 saturated carbocycles. The summed E-state index contributed by atoms with van der Waals surface area (Å²) in [6.07, 6.45) is 7.21. The molecule has 5 rings (SSSR count). The van der Waals surface area contributed by atoms with Gasteiger partial charge in [-0.25, -0.2) is 4.98 Å². The van der Waals surface area contributed by atoms with E-state index in [1.165, 1.54) is 27.8 Å². The summed E-state index contributed by atoms with van der Waals surface area (Å²) in [7, 11) is 0. The van der Waals surface area contributed by atoms with E-state index in [9.17, 15) is 0 Å². The first-order valence-corrected chi connectivity index (χ1v) is 12.2. The number of imidazole rings is 1. The van der Waals surface area contributed by atoms with Gasteiger partial charge in [-0.05, 0) is 67.5 Å². The van der Waals surface area contributed by atoms with Crippen LogP contribution in [0.5, 0.6) is 0 Å². The fourth-order valence-electron chi connectivity index (χ4n) is 4.74. The maximum Gasteiger partial charge on any atom is 0.154 e. The molecule has 172 valence electrons. The fraction of sp³-hybridized carbons (Fsp3) is 0.267. The van der Waals surface area contributed by atoms with E-state index in [1.807, 2.05) is 12.3 Å². The number of aromatic nitrogens is 2. The van der Waals surface area contributed by atoms with Crippen molar-refractivity contribution in [2.75, 3.05) is 0 Å². The van der Waals surface area contributed by atoms with Crippen LogP contribution in [0.15, 0.2) is 90.6 Å². The van der Waals surface area contributed by atoms with Crippen molar-refractivity contribution in [1.29, 1.82) is 0 Å². The van der Waals surface area contributed by atoms with Gasteiger partial charge in [0.15, 0.2) is 5.82 Å². The Morgan fingerprint density at radius 1 is 0.882 bits per heavy atom. The first-order valence-electron chi connectivity index (χ1n) is 12.2. The van der Waals surface area contributed by atoms with Gasteiger partial charge in [0.2, 0.25) is 0 Å². The predicted molar refractivity (Wildman–Crippen MR) is 141 cm³/mol. The quantitative estimate of drug-likeness (QED) is 0.118. The summed E-state index contributed by atoms with van der Waals surface area (Å²) >= 11 is 0. The molecule has 1 aliphatic rings. The van der Waals surface area contributed by atoms with E-state index >= 15 is 0 Å². The fourth-order valence-corrected chi connectivity index (χ4v) is 4.74. The second-order valence-corrected chi connectivity index (χ2v) is 9.17. The number of fused-ring (bicyclic) bond motifs is 1. The second kappa shape index (κ2) is 9.68. The molecule has 3 aromatic carbocycles. The zero-order valence-electron chi connectivity index (χ0n) is 20.1. The molecule has 0 radical (unpaired) electrons. The van der Waals surface area contributed by atoms with E-state index in [1.54, 1.807) is 0 Å². The molecular weight excluding hydrogens is 416 g/mol. The predicted octanol–water partition coefficient (Wildman–Crippen LogP) is 7.14. The van der Waals surface area contributed by atoms with Crippen LogP contribution in [-0.2, 0) is 6.54 Å². The summed E-state index contributed by atoms with van der Waals surface area (Å²) in [5.74, 6) is 0.920. The van der Waals surface area contributed by atoms with Gasteiger partial charge in [0, 0.05) is 6.54 Å². The molecule has 0 unspecified atom stereocenters. The highest BCUT2D eigenvalue weighted by Gasteiger charge is 2.49. The van der Waals surface area contributed by atoms with Crippen LogP contribution in [0.25, 0.3) is 11.0 Å². The number of rotatable bonds is 9. The van der Waals surface area contributed by atoms with Crippen LogP contribution >= 0.6 is 0 Å². The van der Waals surface area contributed by atoms with E-state index in [4.69, 9.17) is 10.1 Å². The molecule has 34 heavy (non-hydrogen) atoms. The molecule has 1 fully saturated rings. The summed E-state index contributed by atoms with van der Waals surface area (Å²) in [5, 5.41) is 7.17. The van der Waals surface area contributed by atoms with Crippen LogP contribution in [0.4, 0.5) is 0 Å². The Bertz CT molecular complexity index is 1260. The third kappa shape index (κ3) is 4.41. The monoisotopic (exact) mass is 448 g/mol. The van der Waals surface area contributed by atoms with Gasteiger partial charge in [-0.15, -0.1) is 6.58 Å². The van der Waals surface area contributed by atoms with Crippen LogP contribution in [0.3, 0.4) is 0 Å². The maximum atomic E-state index is 4.98. The van der Waals surface area contributed by atoms with E-state index in [-0.39, 0.29) is 12.1 Å². The second-order valence-electron chi connectivity index (χ2n) is 9.17. The lowest BCUT2D eigenvalue weighted by atomic mass is 10.0. The van der Waals surface area contributed by atoms with Gasteiger partial charge >= 0.3 is 0 Å². The van der Waals surface area contributed by atoms with Crippen molar-refractivity contribution in [2.45, 2.75) is 51.7 Å². The zero-order valence-corrected chi connectivity index (χ0v) is 20.1. The molecular formula is C30H32N4. The van der Waals surface area contributed by atoms with Crippen LogP contribution in [-0.4, -0.2) is 20.8 Å². The topological polar surface area (TPSA) is 33.2 Å². The largest absolute Gasteiger partial charge is 0.323 e. The van der Waals surface area contributed by atoms with E-state index in [0.29, 0.717) is 0 Å². The molecule has 1 saturated heterocycles. The molecule has 4 aromatic rings. The zero-order chi connectivity index (χ0) is 23.5. The summed E-state index contributed by atoms with van der Waals surface area (Å²) in [4.78, 5) is 4.98.